The minimum absolute atomic E-state index is 0.0235. The van der Waals surface area contributed by atoms with Crippen molar-refractivity contribution in [3.05, 3.63) is 205 Å². The standard InChI is InChI=1S/C20H22FN7OS.C19H19FN6OS.C19H18FN5O2S.C18H16FN5O2S.C17H14FN5O2S/c21-14-1-2-15-13(11-14)3-7-28(15)17-16-19(25-12-24-17)30-20(26-16)18(29)23-6-10-27-8-4-22-5-9-27;20-12-1-2-14-11(9-12)5-8-26(14)16-15-18(23-10-22-16)28-19(25-15)17(27)24-13-3-6-21-7-4-13;20-12-3-4-14-11(8-12)5-6-25(14)16-15-18(23-10-22-16)28-19(24-15)17(26)21-9-13-2-1-7-27-13;19-11-1-2-13-10(7-11)3-5-24(13)15-14-17(21-9-20-15)27-18(23-14)16(25)22-12-4-6-26-8-12;18-10-1-2-12-9(5-10)3-4-23(12)14-13-16(20-8-19-14)26-17(22-13)15(24)21-11-6-25-7-11/h1-2,11-12,22H,3-10H2,(H,23,29);1-2,9-10,13,21H,3-8H2,(H,24,27);3-4,8,10,13H,1-2,5-7,9H2,(H,21,26);1-2,7,9,12H,3-6,8H2,(H,22,25);1-2,5,8,11H,3-4,6-7H2,(H,21,24). The van der Waals surface area contributed by atoms with Gasteiger partial charge in [0.1, 0.15) is 112 Å². The quantitative estimate of drug-likeness (QED) is 0.0392. The molecule has 15 aromatic rings. The second-order valence-electron chi connectivity index (χ2n) is 34.2. The summed E-state index contributed by atoms with van der Waals surface area (Å²) >= 11 is 6.26. The second-order valence-corrected chi connectivity index (χ2v) is 39.0. The van der Waals surface area contributed by atoms with Gasteiger partial charge in [-0.15, -0.1) is 0 Å². The zero-order valence-corrected chi connectivity index (χ0v) is 78.5. The van der Waals surface area contributed by atoms with Gasteiger partial charge in [0.2, 0.25) is 0 Å². The monoisotopic (exact) mass is 1980 g/mol. The van der Waals surface area contributed by atoms with Gasteiger partial charge in [-0.1, -0.05) is 56.7 Å². The minimum Gasteiger partial charge on any atom is -0.379 e. The fourth-order valence-electron chi connectivity index (χ4n) is 18.2. The summed E-state index contributed by atoms with van der Waals surface area (Å²) in [6.07, 6.45) is 15.8. The van der Waals surface area contributed by atoms with Crippen LogP contribution in [0.1, 0.15) is 109 Å². The number of nitrogens with zero attached hydrogens (tertiary/aromatic N) is 21. The number of hydrogen-bond donors (Lipinski definition) is 7. The summed E-state index contributed by atoms with van der Waals surface area (Å²) in [6, 6.07) is 24.1. The Morgan fingerprint density at radius 1 is 0.353 bits per heavy atom. The van der Waals surface area contributed by atoms with E-state index in [4.69, 9.17) is 14.2 Å². The van der Waals surface area contributed by atoms with Crippen molar-refractivity contribution in [2.24, 2.45) is 0 Å². The number of aromatic nitrogens is 15. The molecule has 0 saturated carbocycles. The van der Waals surface area contributed by atoms with E-state index in [1.807, 2.05) is 24.5 Å². The molecule has 7 N–H and O–H groups in total. The first-order valence-electron chi connectivity index (χ1n) is 45.7. The van der Waals surface area contributed by atoms with Crippen molar-refractivity contribution in [3.63, 3.8) is 0 Å². The fourth-order valence-corrected chi connectivity index (χ4v) is 22.3. The van der Waals surface area contributed by atoms with E-state index in [0.717, 1.165) is 173 Å². The summed E-state index contributed by atoms with van der Waals surface area (Å²) < 4.78 is 83.5. The number of carbonyl (C=O) groups is 5. The molecule has 139 heavy (non-hydrogen) atoms. The molecule has 714 valence electrons. The number of carbonyl (C=O) groups excluding carboxylic acids is 5. The highest BCUT2D eigenvalue weighted by atomic mass is 32.1. The lowest BCUT2D eigenvalue weighted by atomic mass is 10.1. The molecule has 10 aliphatic rings. The van der Waals surface area contributed by atoms with Crippen LogP contribution in [0.4, 0.5) is 79.5 Å². The van der Waals surface area contributed by atoms with Crippen molar-refractivity contribution in [2.45, 2.75) is 88.4 Å². The van der Waals surface area contributed by atoms with Crippen molar-refractivity contribution >= 4 is 195 Å². The van der Waals surface area contributed by atoms with E-state index >= 15 is 0 Å². The number of rotatable bonds is 18. The summed E-state index contributed by atoms with van der Waals surface area (Å²) in [4.78, 5) is 144. The van der Waals surface area contributed by atoms with E-state index in [1.54, 1.807) is 60.7 Å². The molecule has 20 heterocycles. The van der Waals surface area contributed by atoms with Crippen LogP contribution in [0.25, 0.3) is 51.7 Å². The lowest BCUT2D eigenvalue weighted by molar-refractivity contribution is -0.00346. The van der Waals surface area contributed by atoms with Gasteiger partial charge in [-0.25, -0.2) is 96.7 Å². The Morgan fingerprint density at radius 2 is 0.676 bits per heavy atom. The van der Waals surface area contributed by atoms with Gasteiger partial charge in [0.25, 0.3) is 29.5 Å². The van der Waals surface area contributed by atoms with Crippen LogP contribution in [-0.2, 0) is 46.3 Å². The molecule has 36 nitrogen and oxygen atoms in total. The van der Waals surface area contributed by atoms with E-state index in [2.05, 4.69) is 117 Å². The molecule has 10 aliphatic heterocycles. The molecule has 5 saturated heterocycles. The molecular weight excluding hydrogens is 1890 g/mol. The van der Waals surface area contributed by atoms with Gasteiger partial charge >= 0.3 is 0 Å². The number of fused-ring (bicyclic) bond motifs is 10. The molecule has 0 aliphatic carbocycles. The number of piperidine rings is 1. The number of thiazole rings is 5. The number of piperazine rings is 1. The Kier molecular flexibility index (Phi) is 27.2. The number of benzene rings is 5. The van der Waals surface area contributed by atoms with Crippen molar-refractivity contribution < 1.29 is 60.1 Å². The van der Waals surface area contributed by atoms with Crippen molar-refractivity contribution in [3.8, 4) is 0 Å². The lowest BCUT2D eigenvalue weighted by Gasteiger charge is -2.26. The molecule has 0 bridgehead atoms. The van der Waals surface area contributed by atoms with Gasteiger partial charge in [-0.2, -0.15) is 0 Å². The van der Waals surface area contributed by atoms with Crippen molar-refractivity contribution in [1.29, 1.82) is 0 Å². The number of hydrogen-bond acceptors (Lipinski definition) is 36. The summed E-state index contributed by atoms with van der Waals surface area (Å²) in [5.74, 6) is 1.01. The van der Waals surface area contributed by atoms with E-state index in [9.17, 15) is 45.9 Å². The predicted molar refractivity (Wildman–Crippen MR) is 517 cm³/mol. The summed E-state index contributed by atoms with van der Waals surface area (Å²) in [7, 11) is 0. The zero-order chi connectivity index (χ0) is 94.7. The average Bonchev–Trinajstić information content (AvgIpc) is 1.64. The van der Waals surface area contributed by atoms with Gasteiger partial charge in [-0.05, 0) is 196 Å². The molecule has 5 amide bonds. The van der Waals surface area contributed by atoms with E-state index < -0.39 is 0 Å². The van der Waals surface area contributed by atoms with E-state index in [0.29, 0.717) is 178 Å². The number of amides is 5. The summed E-state index contributed by atoms with van der Waals surface area (Å²) in [5, 5.41) is 23.2. The van der Waals surface area contributed by atoms with E-state index in [1.165, 1.54) is 119 Å². The minimum atomic E-state index is -0.244. The van der Waals surface area contributed by atoms with Gasteiger partial charge in [0.05, 0.1) is 38.0 Å². The average molecular weight is 1980 g/mol. The van der Waals surface area contributed by atoms with Crippen molar-refractivity contribution in [1.82, 2.24) is 117 Å². The van der Waals surface area contributed by atoms with Crippen LogP contribution in [-0.4, -0.2) is 258 Å². The van der Waals surface area contributed by atoms with Gasteiger partial charge in [0, 0.05) is 126 Å². The first-order valence-corrected chi connectivity index (χ1v) is 49.8. The second kappa shape index (κ2) is 41.0. The maximum absolute atomic E-state index is 13.6. The summed E-state index contributed by atoms with van der Waals surface area (Å²) in [6.45, 7) is 14.1. The molecule has 25 rings (SSSR count). The third-order valence-corrected chi connectivity index (χ3v) is 30.0. The molecular formula is C93H89F5N28O8S5. The third-order valence-electron chi connectivity index (χ3n) is 25.2. The van der Waals surface area contributed by atoms with Gasteiger partial charge in [-0.3, -0.25) is 28.9 Å². The van der Waals surface area contributed by atoms with Crippen LogP contribution >= 0.6 is 56.7 Å². The molecule has 10 aromatic heterocycles. The Morgan fingerprint density at radius 3 is 1.00 bits per heavy atom. The predicted octanol–water partition coefficient (Wildman–Crippen LogP) is 11.3. The largest absolute Gasteiger partial charge is 0.379 e. The Balaban J connectivity index is 0.000000103. The molecule has 2 atom stereocenters. The highest BCUT2D eigenvalue weighted by molar-refractivity contribution is 7.21. The molecule has 5 aromatic carbocycles. The number of ether oxygens (including phenoxy) is 3. The number of anilines is 10. The molecule has 46 heteroatoms. The normalized spacial score (nSPS) is 17.6. The van der Waals surface area contributed by atoms with Crippen LogP contribution in [0, 0.1) is 29.1 Å². The van der Waals surface area contributed by atoms with Crippen LogP contribution in [0.5, 0.6) is 0 Å². The maximum atomic E-state index is 13.6. The SMILES string of the molecule is O=C(NC1CCNCC1)c1nc2c(N3CCc4cc(F)ccc43)ncnc2s1.O=C(NC1CCOC1)c1nc2c(N3CCc4cc(F)ccc43)ncnc2s1.O=C(NC1COC1)c1nc2c(N3CCc4cc(F)ccc43)ncnc2s1.O=C(NCC1CCCO1)c1nc2c(N3CCc4cc(F)ccc43)ncnc2s1.O=C(NCCN1CCNCC1)c1nc2c(N3CCc4cc(F)ccc43)ncnc2s1. The number of nitrogens with one attached hydrogen (secondary N) is 7. The fraction of sp³-hybridized carbons (Fsp3) is 0.355. The smallest absolute Gasteiger partial charge is 0.280 e. The van der Waals surface area contributed by atoms with Crippen LogP contribution in [0.3, 0.4) is 0 Å². The van der Waals surface area contributed by atoms with E-state index in [-0.39, 0.29) is 82.9 Å². The van der Waals surface area contributed by atoms with Crippen molar-refractivity contribution in [2.75, 3.05) is 149 Å². The molecule has 5 fully saturated rings. The van der Waals surface area contributed by atoms with Gasteiger partial charge < -0.3 is 75.9 Å². The Labute approximate surface area is 809 Å². The van der Waals surface area contributed by atoms with Crippen LogP contribution in [0.2, 0.25) is 0 Å². The first-order chi connectivity index (χ1) is 67.9. The highest BCUT2D eigenvalue weighted by Gasteiger charge is 2.35. The molecule has 0 radical (unpaired) electrons. The number of halogens is 5. The Hall–Kier alpha value is -13.3. The zero-order valence-electron chi connectivity index (χ0n) is 74.5. The molecule has 2 unspecified atom stereocenters. The molecule has 0 spiro atoms. The van der Waals surface area contributed by atoms with Crippen LogP contribution in [0.15, 0.2) is 123 Å². The third kappa shape index (κ3) is 20.1. The first kappa shape index (κ1) is 92.1. The maximum Gasteiger partial charge on any atom is 0.280 e. The Bertz CT molecular complexity index is 7170. The topological polar surface area (TPSA) is 410 Å². The van der Waals surface area contributed by atoms with Gasteiger partial charge in [0.15, 0.2) is 54.1 Å². The van der Waals surface area contributed by atoms with Crippen LogP contribution < -0.4 is 61.7 Å². The summed E-state index contributed by atoms with van der Waals surface area (Å²) in [5.41, 5.74) is 12.3. The lowest BCUT2D eigenvalue weighted by Crippen LogP contribution is -2.48. The highest BCUT2D eigenvalue weighted by Crippen LogP contribution is 2.45.